The van der Waals surface area contributed by atoms with Gasteiger partial charge in [-0.05, 0) is 12.5 Å². The molecule has 0 saturated carbocycles. The largest absolute Gasteiger partial charge is 0.481 e. The Morgan fingerprint density at radius 3 is 2.60 bits per heavy atom. The average molecular weight is 205 g/mol. The smallest absolute Gasteiger partial charge is 0.253 e. The number of hydrogen-bond donors (Lipinski definition) is 0. The van der Waals surface area contributed by atoms with Crippen LogP contribution in [0.5, 0.6) is 0 Å². The Labute approximate surface area is 89.8 Å². The van der Waals surface area contributed by atoms with Crippen LogP contribution in [0.15, 0.2) is 35.3 Å². The van der Waals surface area contributed by atoms with E-state index >= 15 is 0 Å². The van der Waals surface area contributed by atoms with Crippen LogP contribution >= 0.6 is 0 Å². The zero-order valence-electron chi connectivity index (χ0n) is 9.06. The lowest BCUT2D eigenvalue weighted by atomic mass is 10.1. The summed E-state index contributed by atoms with van der Waals surface area (Å²) in [5.74, 6) is 0.255. The number of amides is 1. The van der Waals surface area contributed by atoms with Crippen LogP contribution in [0.1, 0.15) is 19.4 Å². The summed E-state index contributed by atoms with van der Waals surface area (Å²) in [7, 11) is 0. The number of benzene rings is 1. The molecular weight excluding hydrogens is 190 g/mol. The zero-order valence-corrected chi connectivity index (χ0v) is 9.06. The molecule has 1 aromatic rings. The van der Waals surface area contributed by atoms with E-state index in [4.69, 9.17) is 4.74 Å². The van der Waals surface area contributed by atoms with Crippen LogP contribution in [-0.2, 0) is 16.0 Å². The van der Waals surface area contributed by atoms with Gasteiger partial charge < -0.3 is 4.74 Å². The van der Waals surface area contributed by atoms with Crippen molar-refractivity contribution in [2.75, 3.05) is 6.61 Å². The van der Waals surface area contributed by atoms with E-state index in [1.54, 1.807) is 6.92 Å². The molecule has 1 aromatic carbocycles. The first-order valence-corrected chi connectivity index (χ1v) is 4.97. The van der Waals surface area contributed by atoms with Crippen LogP contribution < -0.4 is 0 Å². The standard InChI is InChI=1S/C12H15NO2/c1-3-15-10(2)13-12(14)9-11-7-5-4-6-8-11/h4-8H,3,9H2,1-2H3. The van der Waals surface area contributed by atoms with Gasteiger partial charge >= 0.3 is 0 Å². The number of hydrogen-bond acceptors (Lipinski definition) is 2. The summed E-state index contributed by atoms with van der Waals surface area (Å²) in [6.45, 7) is 4.08. The molecule has 3 nitrogen and oxygen atoms in total. The lowest BCUT2D eigenvalue weighted by molar-refractivity contribution is -0.117. The van der Waals surface area contributed by atoms with Crippen LogP contribution in [0.3, 0.4) is 0 Å². The Morgan fingerprint density at radius 1 is 1.33 bits per heavy atom. The van der Waals surface area contributed by atoms with E-state index in [0.717, 1.165) is 5.56 Å². The van der Waals surface area contributed by atoms with Crippen molar-refractivity contribution in [1.82, 2.24) is 0 Å². The fourth-order valence-electron chi connectivity index (χ4n) is 1.23. The van der Waals surface area contributed by atoms with Gasteiger partial charge in [0.2, 0.25) is 0 Å². The molecule has 0 saturated heterocycles. The maximum Gasteiger partial charge on any atom is 0.253 e. The maximum atomic E-state index is 11.4. The van der Waals surface area contributed by atoms with Crippen molar-refractivity contribution >= 4 is 11.8 Å². The topological polar surface area (TPSA) is 38.7 Å². The highest BCUT2D eigenvalue weighted by Crippen LogP contribution is 2.00. The van der Waals surface area contributed by atoms with Gasteiger partial charge in [-0.2, -0.15) is 4.99 Å². The highest BCUT2D eigenvalue weighted by Gasteiger charge is 2.02. The fourth-order valence-corrected chi connectivity index (χ4v) is 1.23. The second-order valence-corrected chi connectivity index (χ2v) is 3.12. The lowest BCUT2D eigenvalue weighted by Gasteiger charge is -2.00. The Balaban J connectivity index is 2.53. The average Bonchev–Trinajstić information content (AvgIpc) is 2.19. The van der Waals surface area contributed by atoms with Crippen molar-refractivity contribution in [3.8, 4) is 0 Å². The Kier molecular flexibility index (Phi) is 4.54. The summed E-state index contributed by atoms with van der Waals surface area (Å²) in [6, 6.07) is 9.54. The number of carbonyl (C=O) groups is 1. The molecule has 0 fully saturated rings. The van der Waals surface area contributed by atoms with Gasteiger partial charge in [0.15, 0.2) is 5.90 Å². The van der Waals surface area contributed by atoms with E-state index in [-0.39, 0.29) is 5.91 Å². The summed E-state index contributed by atoms with van der Waals surface area (Å²) in [4.78, 5) is 15.2. The van der Waals surface area contributed by atoms with Crippen molar-refractivity contribution in [3.05, 3.63) is 35.9 Å². The highest BCUT2D eigenvalue weighted by molar-refractivity contribution is 5.91. The van der Waals surface area contributed by atoms with E-state index in [1.165, 1.54) is 0 Å². The maximum absolute atomic E-state index is 11.4. The lowest BCUT2D eigenvalue weighted by Crippen LogP contribution is -2.06. The van der Waals surface area contributed by atoms with Gasteiger partial charge in [-0.3, -0.25) is 4.79 Å². The minimum absolute atomic E-state index is 0.174. The van der Waals surface area contributed by atoms with Crippen molar-refractivity contribution < 1.29 is 9.53 Å². The minimum atomic E-state index is -0.174. The Morgan fingerprint density at radius 2 is 2.00 bits per heavy atom. The molecule has 0 spiro atoms. The third kappa shape index (κ3) is 4.40. The van der Waals surface area contributed by atoms with Crippen LogP contribution in [0.4, 0.5) is 0 Å². The van der Waals surface area contributed by atoms with E-state index < -0.39 is 0 Å². The summed E-state index contributed by atoms with van der Waals surface area (Å²) in [6.07, 6.45) is 0.325. The van der Waals surface area contributed by atoms with Gasteiger partial charge in [0.1, 0.15) is 0 Å². The van der Waals surface area contributed by atoms with E-state index in [9.17, 15) is 4.79 Å². The molecule has 0 aliphatic heterocycles. The first kappa shape index (κ1) is 11.4. The van der Waals surface area contributed by atoms with Crippen LogP contribution in [0.2, 0.25) is 0 Å². The number of rotatable bonds is 3. The summed E-state index contributed by atoms with van der Waals surface area (Å²) in [5, 5.41) is 0. The molecule has 0 radical (unpaired) electrons. The SMILES string of the molecule is CCOC(C)=NC(=O)Cc1ccccc1. The van der Waals surface area contributed by atoms with Crippen molar-refractivity contribution in [1.29, 1.82) is 0 Å². The molecular formula is C12H15NO2. The Hall–Kier alpha value is -1.64. The first-order chi connectivity index (χ1) is 7.22. The van der Waals surface area contributed by atoms with E-state index in [2.05, 4.69) is 4.99 Å². The molecule has 0 N–H and O–H groups in total. The molecule has 0 aliphatic rings. The van der Waals surface area contributed by atoms with E-state index in [0.29, 0.717) is 18.9 Å². The number of aliphatic imine (C=N–C) groups is 1. The van der Waals surface area contributed by atoms with Gasteiger partial charge in [-0.15, -0.1) is 0 Å². The molecule has 1 rings (SSSR count). The predicted molar refractivity (Wildman–Crippen MR) is 59.9 cm³/mol. The molecule has 15 heavy (non-hydrogen) atoms. The van der Waals surface area contributed by atoms with Gasteiger partial charge in [0, 0.05) is 6.92 Å². The zero-order chi connectivity index (χ0) is 11.1. The Bertz CT molecular complexity index is 344. The summed E-state index contributed by atoms with van der Waals surface area (Å²) >= 11 is 0. The van der Waals surface area contributed by atoms with Gasteiger partial charge in [-0.25, -0.2) is 0 Å². The summed E-state index contributed by atoms with van der Waals surface area (Å²) < 4.78 is 5.08. The molecule has 0 heterocycles. The van der Waals surface area contributed by atoms with Crippen molar-refractivity contribution in [3.63, 3.8) is 0 Å². The van der Waals surface area contributed by atoms with Gasteiger partial charge in [0.25, 0.3) is 5.91 Å². The second kappa shape index (κ2) is 5.96. The molecule has 3 heteroatoms. The third-order valence-electron chi connectivity index (χ3n) is 1.83. The van der Waals surface area contributed by atoms with Gasteiger partial charge in [0.05, 0.1) is 13.0 Å². The normalized spacial score (nSPS) is 11.2. The molecule has 0 atom stereocenters. The third-order valence-corrected chi connectivity index (χ3v) is 1.83. The fraction of sp³-hybridized carbons (Fsp3) is 0.333. The van der Waals surface area contributed by atoms with Crippen molar-refractivity contribution in [2.24, 2.45) is 4.99 Å². The monoisotopic (exact) mass is 205 g/mol. The summed E-state index contributed by atoms with van der Waals surface area (Å²) in [5.41, 5.74) is 0.968. The minimum Gasteiger partial charge on any atom is -0.481 e. The molecule has 0 aromatic heterocycles. The molecule has 0 bridgehead atoms. The second-order valence-electron chi connectivity index (χ2n) is 3.12. The molecule has 80 valence electrons. The quantitative estimate of drug-likeness (QED) is 0.560. The number of ether oxygens (including phenoxy) is 1. The number of carbonyl (C=O) groups excluding carboxylic acids is 1. The highest BCUT2D eigenvalue weighted by atomic mass is 16.5. The molecule has 0 unspecified atom stereocenters. The van der Waals surface area contributed by atoms with Crippen LogP contribution in [0, 0.1) is 0 Å². The van der Waals surface area contributed by atoms with Gasteiger partial charge in [-0.1, -0.05) is 30.3 Å². The van der Waals surface area contributed by atoms with Crippen LogP contribution in [0.25, 0.3) is 0 Å². The van der Waals surface area contributed by atoms with Crippen LogP contribution in [-0.4, -0.2) is 18.4 Å². The van der Waals surface area contributed by atoms with E-state index in [1.807, 2.05) is 37.3 Å². The number of nitrogens with zero attached hydrogens (tertiary/aromatic N) is 1. The molecule has 0 aliphatic carbocycles. The molecule has 1 amide bonds. The first-order valence-electron chi connectivity index (χ1n) is 4.97. The predicted octanol–water partition coefficient (Wildman–Crippen LogP) is 2.21. The van der Waals surface area contributed by atoms with Crippen molar-refractivity contribution in [2.45, 2.75) is 20.3 Å².